The molecule has 0 heterocycles. The van der Waals surface area contributed by atoms with Gasteiger partial charge in [-0.15, -0.1) is 24.0 Å². The van der Waals surface area contributed by atoms with Crippen molar-refractivity contribution < 1.29 is 0 Å². The van der Waals surface area contributed by atoms with Crippen molar-refractivity contribution in [2.45, 2.75) is 53.0 Å². The Labute approximate surface area is 136 Å². The van der Waals surface area contributed by atoms with Crippen molar-refractivity contribution in [1.82, 2.24) is 15.5 Å². The third-order valence-electron chi connectivity index (χ3n) is 3.30. The number of guanidine groups is 1. The van der Waals surface area contributed by atoms with E-state index in [2.05, 4.69) is 48.2 Å². The summed E-state index contributed by atoms with van der Waals surface area (Å²) in [6, 6.07) is 0.536. The lowest BCUT2D eigenvalue weighted by Gasteiger charge is -2.27. The summed E-state index contributed by atoms with van der Waals surface area (Å²) in [7, 11) is 1.83. The highest BCUT2D eigenvalue weighted by Crippen LogP contribution is 1.96. The normalized spacial score (nSPS) is 13.1. The Hall–Kier alpha value is -0.0400. The van der Waals surface area contributed by atoms with Crippen LogP contribution >= 0.6 is 24.0 Å². The first kappa shape index (κ1) is 21.3. The Kier molecular flexibility index (Phi) is 16.1. The number of hydrogen-bond donors (Lipinski definition) is 2. The van der Waals surface area contributed by atoms with Crippen molar-refractivity contribution in [3.8, 4) is 0 Å². The van der Waals surface area contributed by atoms with Gasteiger partial charge >= 0.3 is 0 Å². The molecule has 5 heteroatoms. The third kappa shape index (κ3) is 10.4. The first-order chi connectivity index (χ1) is 8.69. The van der Waals surface area contributed by atoms with Gasteiger partial charge in [0.15, 0.2) is 5.96 Å². The highest BCUT2D eigenvalue weighted by molar-refractivity contribution is 14.0. The molecular formula is C14H33IN4. The summed E-state index contributed by atoms with van der Waals surface area (Å²) in [5.74, 6) is 0.921. The van der Waals surface area contributed by atoms with Crippen LogP contribution in [0.25, 0.3) is 0 Å². The van der Waals surface area contributed by atoms with Crippen LogP contribution in [0.5, 0.6) is 0 Å². The van der Waals surface area contributed by atoms with Gasteiger partial charge in [0.05, 0.1) is 0 Å². The molecule has 1 unspecified atom stereocenters. The van der Waals surface area contributed by atoms with E-state index in [1.165, 1.54) is 19.3 Å². The molecule has 0 bridgehead atoms. The lowest BCUT2D eigenvalue weighted by atomic mass is 10.2. The molecule has 0 saturated heterocycles. The number of nitrogens with zero attached hydrogens (tertiary/aromatic N) is 2. The first-order valence-corrected chi connectivity index (χ1v) is 7.38. The van der Waals surface area contributed by atoms with Crippen LogP contribution in [0.15, 0.2) is 4.99 Å². The zero-order chi connectivity index (χ0) is 13.8. The predicted octanol–water partition coefficient (Wildman–Crippen LogP) is 2.69. The van der Waals surface area contributed by atoms with Gasteiger partial charge < -0.3 is 10.6 Å². The minimum atomic E-state index is 0. The molecular weight excluding hydrogens is 351 g/mol. The smallest absolute Gasteiger partial charge is 0.191 e. The summed E-state index contributed by atoms with van der Waals surface area (Å²) >= 11 is 0. The second-order valence-corrected chi connectivity index (χ2v) is 4.66. The molecule has 0 aromatic heterocycles. The van der Waals surface area contributed by atoms with E-state index in [4.69, 9.17) is 0 Å². The van der Waals surface area contributed by atoms with Crippen LogP contribution < -0.4 is 10.6 Å². The Morgan fingerprint density at radius 2 is 1.74 bits per heavy atom. The van der Waals surface area contributed by atoms with Crippen LogP contribution in [-0.2, 0) is 0 Å². The molecule has 0 radical (unpaired) electrons. The maximum Gasteiger partial charge on any atom is 0.191 e. The molecule has 0 amide bonds. The Morgan fingerprint density at radius 1 is 1.11 bits per heavy atom. The fraction of sp³-hybridized carbons (Fsp3) is 0.929. The van der Waals surface area contributed by atoms with Gasteiger partial charge in [0.25, 0.3) is 0 Å². The van der Waals surface area contributed by atoms with Gasteiger partial charge in [0.2, 0.25) is 0 Å². The molecule has 0 rings (SSSR count). The highest BCUT2D eigenvalue weighted by atomic mass is 127. The quantitative estimate of drug-likeness (QED) is 0.278. The average molecular weight is 384 g/mol. The van der Waals surface area contributed by atoms with Crippen LogP contribution in [0, 0.1) is 0 Å². The standard InChI is InChI=1S/C14H32N4.HI/c1-6-9-10-11-16-14(15-5)17-12-13(4)18(7-2)8-3;/h13H,6-12H2,1-5H3,(H2,15,16,17);1H. The van der Waals surface area contributed by atoms with E-state index in [9.17, 15) is 0 Å². The van der Waals surface area contributed by atoms with E-state index in [1.54, 1.807) is 0 Å². The van der Waals surface area contributed by atoms with Gasteiger partial charge in [-0.3, -0.25) is 9.89 Å². The maximum atomic E-state index is 4.24. The van der Waals surface area contributed by atoms with Gasteiger partial charge in [-0.1, -0.05) is 33.6 Å². The largest absolute Gasteiger partial charge is 0.356 e. The summed E-state index contributed by atoms with van der Waals surface area (Å²) in [5.41, 5.74) is 0. The lowest BCUT2D eigenvalue weighted by Crippen LogP contribution is -2.46. The van der Waals surface area contributed by atoms with Crippen LogP contribution in [0.3, 0.4) is 0 Å². The van der Waals surface area contributed by atoms with E-state index in [0.29, 0.717) is 6.04 Å². The van der Waals surface area contributed by atoms with Gasteiger partial charge in [-0.2, -0.15) is 0 Å². The number of likely N-dealkylation sites (N-methyl/N-ethyl adjacent to an activating group) is 1. The fourth-order valence-electron chi connectivity index (χ4n) is 2.02. The molecule has 19 heavy (non-hydrogen) atoms. The molecule has 0 aromatic rings. The minimum Gasteiger partial charge on any atom is -0.356 e. The Bertz CT molecular complexity index is 217. The van der Waals surface area contributed by atoms with Crippen molar-refractivity contribution in [2.75, 3.05) is 33.2 Å². The zero-order valence-corrected chi connectivity index (χ0v) is 15.7. The molecule has 1 atom stereocenters. The van der Waals surface area contributed by atoms with Gasteiger partial charge in [-0.05, 0) is 26.4 Å². The van der Waals surface area contributed by atoms with Crippen LogP contribution in [0.4, 0.5) is 0 Å². The Balaban J connectivity index is 0. The summed E-state index contributed by atoms with van der Waals surface area (Å²) in [6.45, 7) is 13.0. The second kappa shape index (κ2) is 14.4. The maximum absolute atomic E-state index is 4.24. The lowest BCUT2D eigenvalue weighted by molar-refractivity contribution is 0.231. The van der Waals surface area contributed by atoms with Gasteiger partial charge in [0.1, 0.15) is 0 Å². The van der Waals surface area contributed by atoms with Crippen molar-refractivity contribution >= 4 is 29.9 Å². The highest BCUT2D eigenvalue weighted by Gasteiger charge is 2.09. The molecule has 4 nitrogen and oxygen atoms in total. The van der Waals surface area contributed by atoms with Crippen LogP contribution in [0.2, 0.25) is 0 Å². The summed E-state index contributed by atoms with van der Waals surface area (Å²) in [5, 5.41) is 6.75. The number of halogens is 1. The number of aliphatic imine (C=N–C) groups is 1. The van der Waals surface area contributed by atoms with Crippen LogP contribution in [-0.4, -0.2) is 50.1 Å². The molecule has 0 fully saturated rings. The third-order valence-corrected chi connectivity index (χ3v) is 3.30. The van der Waals surface area contributed by atoms with E-state index in [-0.39, 0.29) is 24.0 Å². The number of nitrogens with one attached hydrogen (secondary N) is 2. The summed E-state index contributed by atoms with van der Waals surface area (Å²) < 4.78 is 0. The number of unbranched alkanes of at least 4 members (excludes halogenated alkanes) is 2. The monoisotopic (exact) mass is 384 g/mol. The molecule has 0 aliphatic carbocycles. The topological polar surface area (TPSA) is 39.7 Å². The first-order valence-electron chi connectivity index (χ1n) is 7.38. The van der Waals surface area contributed by atoms with E-state index in [1.807, 2.05) is 7.05 Å². The van der Waals surface area contributed by atoms with E-state index in [0.717, 1.165) is 32.1 Å². The van der Waals surface area contributed by atoms with E-state index >= 15 is 0 Å². The average Bonchev–Trinajstić information content (AvgIpc) is 2.39. The molecule has 2 N–H and O–H groups in total. The molecule has 0 spiro atoms. The minimum absolute atomic E-state index is 0. The van der Waals surface area contributed by atoms with Gasteiger partial charge in [0, 0.05) is 26.2 Å². The van der Waals surface area contributed by atoms with Crippen molar-refractivity contribution in [1.29, 1.82) is 0 Å². The second-order valence-electron chi connectivity index (χ2n) is 4.66. The Morgan fingerprint density at radius 3 is 2.21 bits per heavy atom. The summed E-state index contributed by atoms with van der Waals surface area (Å²) in [6.07, 6.45) is 3.75. The fourth-order valence-corrected chi connectivity index (χ4v) is 2.02. The van der Waals surface area contributed by atoms with Gasteiger partial charge in [-0.25, -0.2) is 0 Å². The molecule has 0 saturated carbocycles. The van der Waals surface area contributed by atoms with E-state index < -0.39 is 0 Å². The molecule has 0 aromatic carbocycles. The molecule has 0 aliphatic rings. The van der Waals surface area contributed by atoms with Crippen LogP contribution in [0.1, 0.15) is 47.0 Å². The number of rotatable bonds is 9. The SMILES string of the molecule is CCCCCNC(=NC)NCC(C)N(CC)CC.I. The van der Waals surface area contributed by atoms with Crippen molar-refractivity contribution in [2.24, 2.45) is 4.99 Å². The zero-order valence-electron chi connectivity index (χ0n) is 13.3. The van der Waals surface area contributed by atoms with Crippen molar-refractivity contribution in [3.05, 3.63) is 0 Å². The molecule has 116 valence electrons. The predicted molar refractivity (Wildman–Crippen MR) is 96.7 cm³/mol. The molecule has 0 aliphatic heterocycles. The summed E-state index contributed by atoms with van der Waals surface area (Å²) in [4.78, 5) is 6.69. The van der Waals surface area contributed by atoms with Crippen molar-refractivity contribution in [3.63, 3.8) is 0 Å². The number of hydrogen-bond acceptors (Lipinski definition) is 2.